The van der Waals surface area contributed by atoms with E-state index in [9.17, 15) is 0 Å². The normalized spacial score (nSPS) is 15.3. The van der Waals surface area contributed by atoms with Gasteiger partial charge in [-0.05, 0) is 62.7 Å². The lowest BCUT2D eigenvalue weighted by molar-refractivity contribution is 0.204. The number of methoxy groups -OCH3 is 1. The third-order valence-corrected chi connectivity index (χ3v) is 6.97. The van der Waals surface area contributed by atoms with Gasteiger partial charge in [-0.3, -0.25) is 4.90 Å². The molecule has 0 spiro atoms. The number of benzene rings is 1. The summed E-state index contributed by atoms with van der Waals surface area (Å²) in [6, 6.07) is 12.6. The molecule has 3 aromatic heterocycles. The fourth-order valence-electron chi connectivity index (χ4n) is 4.53. The van der Waals surface area contributed by atoms with Crippen LogP contribution in [0.4, 0.5) is 10.9 Å². The highest BCUT2D eigenvalue weighted by Crippen LogP contribution is 2.31. The molecule has 8 heteroatoms. The molecule has 1 aromatic carbocycles. The number of aromatic nitrogens is 4. The maximum absolute atomic E-state index is 5.39. The van der Waals surface area contributed by atoms with Crippen LogP contribution in [0.15, 0.2) is 42.6 Å². The van der Waals surface area contributed by atoms with Crippen molar-refractivity contribution < 1.29 is 4.74 Å². The molecule has 0 radical (unpaired) electrons. The van der Waals surface area contributed by atoms with Crippen LogP contribution in [0.5, 0.6) is 5.75 Å². The van der Waals surface area contributed by atoms with Crippen LogP contribution >= 0.6 is 11.3 Å². The number of anilines is 2. The van der Waals surface area contributed by atoms with Crippen LogP contribution in [0.25, 0.3) is 10.9 Å². The predicted octanol–water partition coefficient (Wildman–Crippen LogP) is 4.87. The first-order valence-corrected chi connectivity index (χ1v) is 11.8. The number of aryl methyl sites for hydroxylation is 2. The van der Waals surface area contributed by atoms with Gasteiger partial charge in [0.25, 0.3) is 0 Å². The summed E-state index contributed by atoms with van der Waals surface area (Å²) in [4.78, 5) is 7.42. The van der Waals surface area contributed by atoms with Crippen LogP contribution in [0.1, 0.15) is 35.0 Å². The van der Waals surface area contributed by atoms with Crippen molar-refractivity contribution >= 4 is 33.2 Å². The molecule has 4 aromatic rings. The second-order valence-electron chi connectivity index (χ2n) is 8.40. The zero-order valence-electron chi connectivity index (χ0n) is 18.7. The van der Waals surface area contributed by atoms with E-state index < -0.39 is 0 Å². The minimum Gasteiger partial charge on any atom is -0.497 e. The Morgan fingerprint density at radius 3 is 2.75 bits per heavy atom. The van der Waals surface area contributed by atoms with Gasteiger partial charge in [0.1, 0.15) is 16.6 Å². The fraction of sp³-hybridized carbons (Fsp3) is 0.375. The van der Waals surface area contributed by atoms with Gasteiger partial charge in [0.2, 0.25) is 5.13 Å². The molecule has 0 unspecified atom stereocenters. The summed E-state index contributed by atoms with van der Waals surface area (Å²) in [5.74, 6) is 2.23. The van der Waals surface area contributed by atoms with Crippen molar-refractivity contribution in [2.45, 2.75) is 32.2 Å². The molecule has 1 fully saturated rings. The second kappa shape index (κ2) is 8.88. The summed E-state index contributed by atoms with van der Waals surface area (Å²) in [6.45, 7) is 5.08. The van der Waals surface area contributed by atoms with Gasteiger partial charge in [0.15, 0.2) is 0 Å². The zero-order valence-corrected chi connectivity index (χ0v) is 19.5. The van der Waals surface area contributed by atoms with E-state index in [0.717, 1.165) is 59.9 Å². The number of hydrogen-bond acceptors (Lipinski definition) is 7. The summed E-state index contributed by atoms with van der Waals surface area (Å²) in [6.07, 6.45) is 4.49. The number of ether oxygens (including phenoxy) is 1. The van der Waals surface area contributed by atoms with Crippen LogP contribution in [-0.4, -0.2) is 44.8 Å². The molecule has 0 saturated carbocycles. The first kappa shape index (κ1) is 20.9. The maximum Gasteiger partial charge on any atom is 0.211 e. The Kier molecular flexibility index (Phi) is 5.80. The number of pyridine rings is 1. The van der Waals surface area contributed by atoms with E-state index in [1.165, 1.54) is 16.5 Å². The van der Waals surface area contributed by atoms with E-state index in [-0.39, 0.29) is 0 Å². The highest BCUT2D eigenvalue weighted by molar-refractivity contribution is 7.15. The zero-order chi connectivity index (χ0) is 22.1. The van der Waals surface area contributed by atoms with Crippen LogP contribution in [0.3, 0.4) is 0 Å². The van der Waals surface area contributed by atoms with Crippen LogP contribution < -0.4 is 10.1 Å². The lowest BCUT2D eigenvalue weighted by atomic mass is 9.93. The monoisotopic (exact) mass is 448 g/mol. The lowest BCUT2D eigenvalue weighted by Crippen LogP contribution is -2.32. The Labute approximate surface area is 192 Å². The first-order chi connectivity index (χ1) is 15.6. The van der Waals surface area contributed by atoms with Crippen LogP contribution in [-0.2, 0) is 13.6 Å². The lowest BCUT2D eigenvalue weighted by Gasteiger charge is -2.31. The molecule has 7 nitrogen and oxygen atoms in total. The topological polar surface area (TPSA) is 68.1 Å². The van der Waals surface area contributed by atoms with Gasteiger partial charge in [-0.15, -0.1) is 10.2 Å². The minimum absolute atomic E-state index is 0.487. The SMILES string of the molecule is COc1ccc2c(CN3CCC(c4cccc(Nc5nnc(C)s5)n4)CC3)cn(C)c2c1. The largest absolute Gasteiger partial charge is 0.497 e. The van der Waals surface area contributed by atoms with E-state index in [1.807, 2.05) is 19.1 Å². The summed E-state index contributed by atoms with van der Waals surface area (Å²) in [5.41, 5.74) is 3.75. The van der Waals surface area contributed by atoms with Crippen molar-refractivity contribution in [2.24, 2.45) is 7.05 Å². The summed E-state index contributed by atoms with van der Waals surface area (Å²) >= 11 is 1.54. The molecule has 1 saturated heterocycles. The van der Waals surface area contributed by atoms with Crippen molar-refractivity contribution in [2.75, 3.05) is 25.5 Å². The Morgan fingerprint density at radius 2 is 2.00 bits per heavy atom. The van der Waals surface area contributed by atoms with Crippen molar-refractivity contribution in [3.8, 4) is 5.75 Å². The molecule has 0 aliphatic carbocycles. The van der Waals surface area contributed by atoms with Crippen LogP contribution in [0.2, 0.25) is 0 Å². The van der Waals surface area contributed by atoms with Gasteiger partial charge in [-0.1, -0.05) is 17.4 Å². The maximum atomic E-state index is 5.39. The minimum atomic E-state index is 0.487. The number of piperidine rings is 1. The first-order valence-electron chi connectivity index (χ1n) is 11.0. The van der Waals surface area contributed by atoms with Gasteiger partial charge in [0.05, 0.1) is 12.6 Å². The summed E-state index contributed by atoms with van der Waals surface area (Å²) in [5, 5.41) is 14.5. The van der Waals surface area contributed by atoms with Gasteiger partial charge in [-0.25, -0.2) is 4.98 Å². The molecule has 1 aliphatic heterocycles. The van der Waals surface area contributed by atoms with E-state index in [1.54, 1.807) is 18.4 Å². The number of likely N-dealkylation sites (tertiary alicyclic amines) is 1. The third-order valence-electron chi connectivity index (χ3n) is 6.21. The number of nitrogens with one attached hydrogen (secondary N) is 1. The van der Waals surface area contributed by atoms with Gasteiger partial charge in [0, 0.05) is 42.9 Å². The smallest absolute Gasteiger partial charge is 0.211 e. The number of rotatable bonds is 6. The van der Waals surface area contributed by atoms with Gasteiger partial charge in [-0.2, -0.15) is 0 Å². The fourth-order valence-corrected chi connectivity index (χ4v) is 5.13. The molecule has 1 aliphatic rings. The third kappa shape index (κ3) is 4.33. The molecule has 166 valence electrons. The number of hydrogen-bond donors (Lipinski definition) is 1. The molecule has 4 heterocycles. The highest BCUT2D eigenvalue weighted by atomic mass is 32.1. The van der Waals surface area contributed by atoms with Crippen molar-refractivity contribution in [1.82, 2.24) is 24.6 Å². The van der Waals surface area contributed by atoms with Crippen molar-refractivity contribution in [3.05, 3.63) is 58.9 Å². The Balaban J connectivity index is 1.23. The Morgan fingerprint density at radius 1 is 1.16 bits per heavy atom. The average molecular weight is 449 g/mol. The Hall–Kier alpha value is -2.97. The summed E-state index contributed by atoms with van der Waals surface area (Å²) < 4.78 is 7.59. The molecule has 5 rings (SSSR count). The van der Waals surface area contributed by atoms with Crippen molar-refractivity contribution in [3.63, 3.8) is 0 Å². The Bertz CT molecular complexity index is 1220. The summed E-state index contributed by atoms with van der Waals surface area (Å²) in [7, 11) is 3.82. The molecule has 0 amide bonds. The molecule has 0 bridgehead atoms. The van der Waals surface area contributed by atoms with Gasteiger partial charge < -0.3 is 14.6 Å². The quantitative estimate of drug-likeness (QED) is 0.454. The van der Waals surface area contributed by atoms with Crippen LogP contribution in [0, 0.1) is 6.92 Å². The van der Waals surface area contributed by atoms with Gasteiger partial charge >= 0.3 is 0 Å². The molecular formula is C24H28N6OS. The number of fused-ring (bicyclic) bond motifs is 1. The average Bonchev–Trinajstić information content (AvgIpc) is 3.36. The van der Waals surface area contributed by atoms with E-state index in [4.69, 9.17) is 9.72 Å². The van der Waals surface area contributed by atoms with E-state index in [0.29, 0.717) is 5.92 Å². The molecular weight excluding hydrogens is 420 g/mol. The second-order valence-corrected chi connectivity index (χ2v) is 9.58. The van der Waals surface area contributed by atoms with E-state index in [2.05, 4.69) is 62.5 Å². The highest BCUT2D eigenvalue weighted by Gasteiger charge is 2.23. The standard InChI is InChI=1S/C24H28N6OS/c1-16-27-28-24(32-16)26-23-6-4-5-21(25-23)17-9-11-30(12-10-17)15-18-14-29(2)22-13-19(31-3)7-8-20(18)22/h4-8,13-14,17H,9-12,15H2,1-3H3,(H,25,26,28). The molecule has 32 heavy (non-hydrogen) atoms. The molecule has 0 atom stereocenters. The molecule has 1 N–H and O–H groups in total. The van der Waals surface area contributed by atoms with Crippen molar-refractivity contribution in [1.29, 1.82) is 0 Å². The predicted molar refractivity (Wildman–Crippen MR) is 129 cm³/mol. The van der Waals surface area contributed by atoms with E-state index >= 15 is 0 Å². The number of nitrogens with zero attached hydrogens (tertiary/aromatic N) is 5.